The second-order valence-electron chi connectivity index (χ2n) is 9.52. The molecule has 41 heavy (non-hydrogen) atoms. The van der Waals surface area contributed by atoms with Gasteiger partial charge in [-0.2, -0.15) is 5.26 Å². The molecule has 1 heterocycles. The highest BCUT2D eigenvalue weighted by atomic mass is 16.5. The standard InChI is InChI=1S/C33H27N3O5/c34-17-21-5-3-8-24(11-21)29-14-23(20-40-30-10-2-1-7-25(30)16-31(37)38)13-27-15-28(41-32(27)29)19-36-33(39)26-9-4-6-22(12-26)18-35/h1-15H,16-17,19-20,34H2,(H,36,39)(H,37,38). The summed E-state index contributed by atoms with van der Waals surface area (Å²) < 4.78 is 12.3. The van der Waals surface area contributed by atoms with Crippen molar-refractivity contribution in [1.29, 1.82) is 5.26 Å². The number of hydrogen-bond donors (Lipinski definition) is 3. The molecule has 0 aliphatic carbocycles. The van der Waals surface area contributed by atoms with Gasteiger partial charge in [0.15, 0.2) is 0 Å². The van der Waals surface area contributed by atoms with Crippen LogP contribution in [0.1, 0.15) is 38.4 Å². The lowest BCUT2D eigenvalue weighted by molar-refractivity contribution is -0.136. The second kappa shape index (κ2) is 12.2. The smallest absolute Gasteiger partial charge is 0.307 e. The van der Waals surface area contributed by atoms with E-state index in [1.807, 2.05) is 48.5 Å². The molecule has 8 heteroatoms. The van der Waals surface area contributed by atoms with E-state index in [1.54, 1.807) is 42.5 Å². The molecule has 0 aliphatic heterocycles. The number of fused-ring (bicyclic) bond motifs is 1. The lowest BCUT2D eigenvalue weighted by atomic mass is 9.99. The number of hydrogen-bond acceptors (Lipinski definition) is 6. The Kier molecular flexibility index (Phi) is 8.09. The number of nitrogens with two attached hydrogens (primary N) is 1. The maximum Gasteiger partial charge on any atom is 0.307 e. The highest BCUT2D eigenvalue weighted by Crippen LogP contribution is 2.34. The molecule has 0 spiro atoms. The first-order valence-corrected chi connectivity index (χ1v) is 13.0. The largest absolute Gasteiger partial charge is 0.489 e. The monoisotopic (exact) mass is 545 g/mol. The number of ether oxygens (including phenoxy) is 1. The van der Waals surface area contributed by atoms with Crippen LogP contribution in [0.5, 0.6) is 5.75 Å². The van der Waals surface area contributed by atoms with Crippen LogP contribution in [0, 0.1) is 11.3 Å². The minimum atomic E-state index is -0.930. The number of nitriles is 1. The number of para-hydroxylation sites is 1. The molecule has 8 nitrogen and oxygen atoms in total. The minimum absolute atomic E-state index is 0.135. The third kappa shape index (κ3) is 6.44. The van der Waals surface area contributed by atoms with E-state index in [1.165, 1.54) is 6.07 Å². The molecule has 0 saturated carbocycles. The van der Waals surface area contributed by atoms with Gasteiger partial charge in [0.25, 0.3) is 5.91 Å². The summed E-state index contributed by atoms with van der Waals surface area (Å²) in [6, 6.07) is 29.3. The van der Waals surface area contributed by atoms with Crippen molar-refractivity contribution in [3.63, 3.8) is 0 Å². The summed E-state index contributed by atoms with van der Waals surface area (Å²) in [7, 11) is 0. The maximum atomic E-state index is 12.7. The van der Waals surface area contributed by atoms with Crippen LogP contribution in [0.3, 0.4) is 0 Å². The number of carboxylic acids is 1. The summed E-state index contributed by atoms with van der Waals surface area (Å²) in [4.78, 5) is 24.0. The van der Waals surface area contributed by atoms with E-state index < -0.39 is 5.97 Å². The zero-order valence-corrected chi connectivity index (χ0v) is 22.1. The van der Waals surface area contributed by atoms with Crippen LogP contribution < -0.4 is 15.8 Å². The molecule has 0 saturated heterocycles. The highest BCUT2D eigenvalue weighted by molar-refractivity contribution is 5.95. The summed E-state index contributed by atoms with van der Waals surface area (Å²) in [5.74, 6) is -0.170. The number of nitrogens with one attached hydrogen (secondary N) is 1. The first kappa shape index (κ1) is 27.2. The van der Waals surface area contributed by atoms with Crippen molar-refractivity contribution in [2.24, 2.45) is 5.73 Å². The Hall–Kier alpha value is -5.39. The maximum absolute atomic E-state index is 12.7. The number of rotatable bonds is 10. The number of benzene rings is 4. The van der Waals surface area contributed by atoms with E-state index in [0.717, 1.165) is 27.6 Å². The van der Waals surface area contributed by atoms with E-state index >= 15 is 0 Å². The highest BCUT2D eigenvalue weighted by Gasteiger charge is 2.15. The lowest BCUT2D eigenvalue weighted by Gasteiger charge is -2.12. The van der Waals surface area contributed by atoms with Gasteiger partial charge in [0.2, 0.25) is 0 Å². The fraction of sp³-hybridized carbons (Fsp3) is 0.121. The third-order valence-corrected chi connectivity index (χ3v) is 6.59. The zero-order chi connectivity index (χ0) is 28.8. The van der Waals surface area contributed by atoms with E-state index in [0.29, 0.717) is 40.3 Å². The number of nitrogens with zero attached hydrogens (tertiary/aromatic N) is 1. The van der Waals surface area contributed by atoms with Gasteiger partial charge < -0.3 is 25.3 Å². The van der Waals surface area contributed by atoms with Crippen molar-refractivity contribution in [2.75, 3.05) is 0 Å². The van der Waals surface area contributed by atoms with Gasteiger partial charge in [0.1, 0.15) is 23.7 Å². The van der Waals surface area contributed by atoms with Gasteiger partial charge in [0, 0.05) is 28.6 Å². The van der Waals surface area contributed by atoms with Gasteiger partial charge >= 0.3 is 5.97 Å². The summed E-state index contributed by atoms with van der Waals surface area (Å²) >= 11 is 0. The van der Waals surface area contributed by atoms with Crippen molar-refractivity contribution in [3.05, 3.63) is 125 Å². The molecule has 0 radical (unpaired) electrons. The molecule has 0 fully saturated rings. The van der Waals surface area contributed by atoms with Crippen LogP contribution in [0.25, 0.3) is 22.1 Å². The Labute approximate surface area is 236 Å². The first-order chi connectivity index (χ1) is 19.9. The third-order valence-electron chi connectivity index (χ3n) is 6.59. The first-order valence-electron chi connectivity index (χ1n) is 13.0. The van der Waals surface area contributed by atoms with Gasteiger partial charge in [-0.25, -0.2) is 0 Å². The van der Waals surface area contributed by atoms with Gasteiger partial charge in [0.05, 0.1) is 24.6 Å². The molecular weight excluding hydrogens is 518 g/mol. The SMILES string of the molecule is N#Cc1cccc(C(=O)NCc2cc3cc(COc4ccccc4CC(=O)O)cc(-c4cccc(CN)c4)c3o2)c1. The van der Waals surface area contributed by atoms with Crippen molar-refractivity contribution in [2.45, 2.75) is 26.1 Å². The van der Waals surface area contributed by atoms with Crippen molar-refractivity contribution >= 4 is 22.8 Å². The molecule has 0 aliphatic rings. The summed E-state index contributed by atoms with van der Waals surface area (Å²) in [5, 5.41) is 22.1. The average molecular weight is 546 g/mol. The molecule has 0 unspecified atom stereocenters. The predicted octanol–water partition coefficient (Wildman–Crippen LogP) is 5.57. The number of carboxylic acid groups (broad SMARTS) is 1. The molecule has 5 aromatic rings. The number of carbonyl (C=O) groups excluding carboxylic acids is 1. The van der Waals surface area contributed by atoms with Gasteiger partial charge in [-0.05, 0) is 65.2 Å². The van der Waals surface area contributed by atoms with Gasteiger partial charge in [-0.3, -0.25) is 9.59 Å². The normalized spacial score (nSPS) is 10.7. The molecular formula is C33H27N3O5. The molecule has 204 valence electrons. The Morgan fingerprint density at radius 3 is 2.59 bits per heavy atom. The Bertz CT molecular complexity index is 1780. The van der Waals surface area contributed by atoms with Gasteiger partial charge in [-0.1, -0.05) is 42.5 Å². The Morgan fingerprint density at radius 2 is 1.78 bits per heavy atom. The summed E-state index contributed by atoms with van der Waals surface area (Å²) in [5.41, 5.74) is 11.5. The number of amides is 1. The van der Waals surface area contributed by atoms with Crippen LogP contribution in [0.2, 0.25) is 0 Å². The van der Waals surface area contributed by atoms with E-state index in [2.05, 4.69) is 5.32 Å². The quantitative estimate of drug-likeness (QED) is 0.209. The molecule has 5 rings (SSSR count). The number of carbonyl (C=O) groups is 2. The van der Waals surface area contributed by atoms with Gasteiger partial charge in [-0.15, -0.1) is 0 Å². The predicted molar refractivity (Wildman–Crippen MR) is 154 cm³/mol. The fourth-order valence-electron chi connectivity index (χ4n) is 4.63. The zero-order valence-electron chi connectivity index (χ0n) is 22.1. The van der Waals surface area contributed by atoms with Crippen LogP contribution in [-0.4, -0.2) is 17.0 Å². The Morgan fingerprint density at radius 1 is 0.951 bits per heavy atom. The van der Waals surface area contributed by atoms with E-state index in [9.17, 15) is 14.7 Å². The summed E-state index contributed by atoms with van der Waals surface area (Å²) in [6.07, 6.45) is -0.135. The number of aliphatic carboxylic acids is 1. The molecule has 0 bridgehead atoms. The van der Waals surface area contributed by atoms with Crippen molar-refractivity contribution in [1.82, 2.24) is 5.32 Å². The molecule has 4 aromatic carbocycles. The van der Waals surface area contributed by atoms with E-state index in [4.69, 9.17) is 20.1 Å². The Balaban J connectivity index is 1.45. The molecule has 1 aromatic heterocycles. The summed E-state index contributed by atoms with van der Waals surface area (Å²) in [6.45, 7) is 0.756. The number of furan rings is 1. The van der Waals surface area contributed by atoms with Crippen LogP contribution in [0.4, 0.5) is 0 Å². The molecule has 1 amide bonds. The topological polar surface area (TPSA) is 139 Å². The fourth-order valence-corrected chi connectivity index (χ4v) is 4.63. The van der Waals surface area contributed by atoms with Crippen LogP contribution >= 0.6 is 0 Å². The second-order valence-corrected chi connectivity index (χ2v) is 9.52. The minimum Gasteiger partial charge on any atom is -0.489 e. The van der Waals surface area contributed by atoms with Crippen LogP contribution in [-0.2, 0) is 30.9 Å². The van der Waals surface area contributed by atoms with Crippen molar-refractivity contribution in [3.8, 4) is 22.9 Å². The van der Waals surface area contributed by atoms with Crippen LogP contribution in [0.15, 0.2) is 95.4 Å². The molecule has 0 atom stereocenters. The average Bonchev–Trinajstić information content (AvgIpc) is 3.41. The molecule has 4 N–H and O–H groups in total. The van der Waals surface area contributed by atoms with Crippen molar-refractivity contribution < 1.29 is 23.8 Å². The lowest BCUT2D eigenvalue weighted by Crippen LogP contribution is -2.22. The van der Waals surface area contributed by atoms with E-state index in [-0.39, 0.29) is 25.5 Å².